The Hall–Kier alpha value is -1.07. The van der Waals surface area contributed by atoms with E-state index in [1.165, 1.54) is 14.7 Å². The standard InChI is InChI=1S/C17H20INO/c1-13(2)19-11-14-6-3-4-7-15(14)12-20-17-9-5-8-16(18)10-17/h3-10,13,19H,11-12H2,1-2H3. The molecular weight excluding hydrogens is 361 g/mol. The zero-order valence-electron chi connectivity index (χ0n) is 11.9. The molecule has 0 spiro atoms. The summed E-state index contributed by atoms with van der Waals surface area (Å²) in [7, 11) is 0. The Morgan fingerprint density at radius 2 is 1.80 bits per heavy atom. The van der Waals surface area contributed by atoms with E-state index in [1.54, 1.807) is 0 Å². The van der Waals surface area contributed by atoms with Crippen molar-refractivity contribution < 1.29 is 4.74 Å². The monoisotopic (exact) mass is 381 g/mol. The molecule has 1 N–H and O–H groups in total. The van der Waals surface area contributed by atoms with Gasteiger partial charge in [-0.15, -0.1) is 0 Å². The van der Waals surface area contributed by atoms with Crippen molar-refractivity contribution >= 4 is 22.6 Å². The summed E-state index contributed by atoms with van der Waals surface area (Å²) in [5.74, 6) is 0.920. The highest BCUT2D eigenvalue weighted by Gasteiger charge is 2.04. The number of benzene rings is 2. The van der Waals surface area contributed by atoms with E-state index in [0.29, 0.717) is 12.6 Å². The van der Waals surface area contributed by atoms with Gasteiger partial charge >= 0.3 is 0 Å². The van der Waals surface area contributed by atoms with E-state index in [9.17, 15) is 0 Å². The number of hydrogen-bond acceptors (Lipinski definition) is 2. The van der Waals surface area contributed by atoms with E-state index < -0.39 is 0 Å². The molecule has 2 rings (SSSR count). The topological polar surface area (TPSA) is 21.3 Å². The lowest BCUT2D eigenvalue weighted by molar-refractivity contribution is 0.304. The predicted octanol–water partition coefficient (Wildman–Crippen LogP) is 4.37. The van der Waals surface area contributed by atoms with Gasteiger partial charge in [-0.3, -0.25) is 0 Å². The number of nitrogens with one attached hydrogen (secondary N) is 1. The van der Waals surface area contributed by atoms with Crippen LogP contribution in [0, 0.1) is 3.57 Å². The number of ether oxygens (including phenoxy) is 1. The minimum Gasteiger partial charge on any atom is -0.489 e. The highest BCUT2D eigenvalue weighted by Crippen LogP contribution is 2.17. The third-order valence-corrected chi connectivity index (χ3v) is 3.68. The molecule has 3 heteroatoms. The first-order valence-corrected chi connectivity index (χ1v) is 7.91. The molecule has 0 aliphatic rings. The maximum absolute atomic E-state index is 5.89. The van der Waals surface area contributed by atoms with Crippen molar-refractivity contribution in [3.05, 3.63) is 63.2 Å². The van der Waals surface area contributed by atoms with Crippen LogP contribution < -0.4 is 10.1 Å². The molecule has 2 aromatic rings. The molecule has 0 aromatic heterocycles. The van der Waals surface area contributed by atoms with Crippen molar-refractivity contribution in [3.8, 4) is 5.75 Å². The molecule has 0 aliphatic heterocycles. The van der Waals surface area contributed by atoms with Crippen molar-refractivity contribution in [2.24, 2.45) is 0 Å². The van der Waals surface area contributed by atoms with Crippen LogP contribution in [0.15, 0.2) is 48.5 Å². The van der Waals surface area contributed by atoms with Crippen LogP contribution in [0.4, 0.5) is 0 Å². The van der Waals surface area contributed by atoms with Crippen molar-refractivity contribution in [3.63, 3.8) is 0 Å². The Kier molecular flexibility index (Phi) is 5.86. The summed E-state index contributed by atoms with van der Waals surface area (Å²) >= 11 is 2.30. The van der Waals surface area contributed by atoms with Crippen LogP contribution in [0.5, 0.6) is 5.75 Å². The molecule has 0 saturated carbocycles. The van der Waals surface area contributed by atoms with Gasteiger partial charge in [0.05, 0.1) is 0 Å². The van der Waals surface area contributed by atoms with Crippen LogP contribution in [-0.4, -0.2) is 6.04 Å². The summed E-state index contributed by atoms with van der Waals surface area (Å²) in [5.41, 5.74) is 2.53. The molecule has 0 atom stereocenters. The summed E-state index contributed by atoms with van der Waals surface area (Å²) in [5, 5.41) is 3.45. The van der Waals surface area contributed by atoms with Gasteiger partial charge in [0.25, 0.3) is 0 Å². The minimum atomic E-state index is 0.486. The normalized spacial score (nSPS) is 10.8. The van der Waals surface area contributed by atoms with Crippen molar-refractivity contribution in [1.29, 1.82) is 0 Å². The Morgan fingerprint density at radius 3 is 2.50 bits per heavy atom. The molecule has 0 saturated heterocycles. The Bertz CT molecular complexity index is 554. The highest BCUT2D eigenvalue weighted by molar-refractivity contribution is 14.1. The summed E-state index contributed by atoms with van der Waals surface area (Å²) in [4.78, 5) is 0. The van der Waals surface area contributed by atoms with Gasteiger partial charge in [0.1, 0.15) is 12.4 Å². The quantitative estimate of drug-likeness (QED) is 0.751. The van der Waals surface area contributed by atoms with Gasteiger partial charge in [0.15, 0.2) is 0 Å². The van der Waals surface area contributed by atoms with E-state index in [2.05, 4.69) is 78.2 Å². The molecular formula is C17H20INO. The van der Waals surface area contributed by atoms with Crippen LogP contribution in [0.1, 0.15) is 25.0 Å². The first kappa shape index (κ1) is 15.3. The first-order chi connectivity index (χ1) is 9.65. The van der Waals surface area contributed by atoms with E-state index in [-0.39, 0.29) is 0 Å². The maximum atomic E-state index is 5.89. The highest BCUT2D eigenvalue weighted by atomic mass is 127. The lowest BCUT2D eigenvalue weighted by atomic mass is 10.1. The summed E-state index contributed by atoms with van der Waals surface area (Å²) in [6.45, 7) is 5.80. The molecule has 2 nitrogen and oxygen atoms in total. The average molecular weight is 381 g/mol. The smallest absolute Gasteiger partial charge is 0.120 e. The second kappa shape index (κ2) is 7.64. The summed E-state index contributed by atoms with van der Waals surface area (Å²) in [6.07, 6.45) is 0. The van der Waals surface area contributed by atoms with Crippen LogP contribution in [-0.2, 0) is 13.2 Å². The fourth-order valence-electron chi connectivity index (χ4n) is 1.90. The largest absolute Gasteiger partial charge is 0.489 e. The number of rotatable bonds is 6. The molecule has 2 aromatic carbocycles. The molecule has 0 unspecified atom stereocenters. The SMILES string of the molecule is CC(C)NCc1ccccc1COc1cccc(I)c1. The zero-order chi connectivity index (χ0) is 14.4. The fourth-order valence-corrected chi connectivity index (χ4v) is 2.42. The second-order valence-electron chi connectivity index (χ2n) is 5.05. The minimum absolute atomic E-state index is 0.486. The summed E-state index contributed by atoms with van der Waals surface area (Å²) in [6, 6.07) is 17.0. The van der Waals surface area contributed by atoms with Gasteiger partial charge in [0, 0.05) is 16.2 Å². The van der Waals surface area contributed by atoms with Crippen molar-refractivity contribution in [1.82, 2.24) is 5.32 Å². The van der Waals surface area contributed by atoms with Crippen molar-refractivity contribution in [2.75, 3.05) is 0 Å². The van der Waals surface area contributed by atoms with Crippen LogP contribution >= 0.6 is 22.6 Å². The lowest BCUT2D eigenvalue weighted by Gasteiger charge is -2.13. The van der Waals surface area contributed by atoms with Gasteiger partial charge in [-0.05, 0) is 51.9 Å². The third-order valence-electron chi connectivity index (χ3n) is 3.01. The van der Waals surface area contributed by atoms with Gasteiger partial charge < -0.3 is 10.1 Å². The van der Waals surface area contributed by atoms with Crippen LogP contribution in [0.25, 0.3) is 0 Å². The number of hydrogen-bond donors (Lipinski definition) is 1. The molecule has 0 bridgehead atoms. The maximum Gasteiger partial charge on any atom is 0.120 e. The van der Waals surface area contributed by atoms with E-state index in [1.807, 2.05) is 12.1 Å². The first-order valence-electron chi connectivity index (χ1n) is 6.83. The van der Waals surface area contributed by atoms with Crippen LogP contribution in [0.3, 0.4) is 0 Å². The fraction of sp³-hybridized carbons (Fsp3) is 0.294. The van der Waals surface area contributed by atoms with E-state index in [0.717, 1.165) is 12.3 Å². The molecule has 0 heterocycles. The van der Waals surface area contributed by atoms with Gasteiger partial charge in [-0.2, -0.15) is 0 Å². The Morgan fingerprint density at radius 1 is 1.05 bits per heavy atom. The van der Waals surface area contributed by atoms with Crippen molar-refractivity contribution in [2.45, 2.75) is 33.0 Å². The lowest BCUT2D eigenvalue weighted by Crippen LogP contribution is -2.22. The predicted molar refractivity (Wildman–Crippen MR) is 91.9 cm³/mol. The van der Waals surface area contributed by atoms with Gasteiger partial charge in [-0.25, -0.2) is 0 Å². The third kappa shape index (κ3) is 4.80. The molecule has 106 valence electrons. The second-order valence-corrected chi connectivity index (χ2v) is 6.30. The molecule has 0 amide bonds. The van der Waals surface area contributed by atoms with Gasteiger partial charge in [-0.1, -0.05) is 44.2 Å². The molecule has 0 fully saturated rings. The summed E-state index contributed by atoms with van der Waals surface area (Å²) < 4.78 is 7.08. The van der Waals surface area contributed by atoms with E-state index in [4.69, 9.17) is 4.74 Å². The Balaban J connectivity index is 2.02. The molecule has 0 aliphatic carbocycles. The average Bonchev–Trinajstić information content (AvgIpc) is 2.44. The van der Waals surface area contributed by atoms with Crippen LogP contribution in [0.2, 0.25) is 0 Å². The van der Waals surface area contributed by atoms with E-state index >= 15 is 0 Å². The molecule has 0 radical (unpaired) electrons. The Labute approximate surface area is 134 Å². The molecule has 20 heavy (non-hydrogen) atoms. The van der Waals surface area contributed by atoms with Gasteiger partial charge in [0.2, 0.25) is 0 Å². The zero-order valence-corrected chi connectivity index (χ0v) is 14.1. The number of halogens is 1.